The maximum Gasteiger partial charge on any atom is 0.120 e. The molecule has 0 unspecified atom stereocenters. The first-order valence-corrected chi connectivity index (χ1v) is 2.37. The first-order chi connectivity index (χ1) is 4.22. The van der Waals surface area contributed by atoms with E-state index in [2.05, 4.69) is 5.16 Å². The molecule has 0 spiro atoms. The van der Waals surface area contributed by atoms with Gasteiger partial charge in [-0.1, -0.05) is 5.16 Å². The van der Waals surface area contributed by atoms with E-state index in [9.17, 15) is 0 Å². The van der Waals surface area contributed by atoms with Crippen molar-refractivity contribution in [3.8, 4) is 0 Å². The Kier molecular flexibility index (Phi) is 3.94. The summed E-state index contributed by atoms with van der Waals surface area (Å²) in [5.74, 6) is 0. The van der Waals surface area contributed by atoms with Gasteiger partial charge in [0.15, 0.2) is 0 Å². The second-order valence-electron chi connectivity index (χ2n) is 1.51. The standard InChI is InChI=1S/C4H9NO4/c6-2-4(8)3(7)1-5-9/h1,3-4,6-9H,2H2/t3-,4+/m0/s1. The number of aliphatic hydroxyl groups excluding tert-OH is 3. The van der Waals surface area contributed by atoms with Gasteiger partial charge in [0.1, 0.15) is 12.2 Å². The molecule has 2 atom stereocenters. The van der Waals surface area contributed by atoms with Crippen LogP contribution in [-0.4, -0.2) is 45.6 Å². The van der Waals surface area contributed by atoms with E-state index in [4.69, 9.17) is 20.5 Å². The molecule has 0 fully saturated rings. The average Bonchev–Trinajstić information content (AvgIpc) is 1.87. The fourth-order valence-corrected chi connectivity index (χ4v) is 0.276. The molecular formula is C4H9NO4. The van der Waals surface area contributed by atoms with E-state index in [1.165, 1.54) is 0 Å². The molecule has 0 aliphatic carbocycles. The normalized spacial score (nSPS) is 18.1. The van der Waals surface area contributed by atoms with Crippen LogP contribution in [0.2, 0.25) is 0 Å². The van der Waals surface area contributed by atoms with Gasteiger partial charge in [0, 0.05) is 0 Å². The van der Waals surface area contributed by atoms with Crippen molar-refractivity contribution in [3.05, 3.63) is 0 Å². The number of rotatable bonds is 3. The molecule has 0 bridgehead atoms. The topological polar surface area (TPSA) is 93.3 Å². The number of oxime groups is 1. The predicted octanol–water partition coefficient (Wildman–Crippen LogP) is -1.84. The number of hydrogen-bond donors (Lipinski definition) is 4. The highest BCUT2D eigenvalue weighted by atomic mass is 16.4. The Morgan fingerprint density at radius 2 is 2.00 bits per heavy atom. The molecule has 0 amide bonds. The highest BCUT2D eigenvalue weighted by molar-refractivity contribution is 5.62. The second-order valence-corrected chi connectivity index (χ2v) is 1.51. The van der Waals surface area contributed by atoms with Gasteiger partial charge in [-0.15, -0.1) is 0 Å². The molecule has 0 aromatic rings. The maximum absolute atomic E-state index is 8.60. The first kappa shape index (κ1) is 8.35. The minimum absolute atomic E-state index is 0.562. The minimum Gasteiger partial charge on any atom is -0.411 e. The van der Waals surface area contributed by atoms with Gasteiger partial charge in [-0.25, -0.2) is 0 Å². The van der Waals surface area contributed by atoms with Gasteiger partial charge >= 0.3 is 0 Å². The Bertz CT molecular complexity index is 94.6. The van der Waals surface area contributed by atoms with Crippen molar-refractivity contribution < 1.29 is 20.5 Å². The predicted molar refractivity (Wildman–Crippen MR) is 29.4 cm³/mol. The summed E-state index contributed by atoms with van der Waals surface area (Å²) in [4.78, 5) is 0. The van der Waals surface area contributed by atoms with Crippen molar-refractivity contribution >= 4 is 6.21 Å². The summed E-state index contributed by atoms with van der Waals surface area (Å²) >= 11 is 0. The largest absolute Gasteiger partial charge is 0.411 e. The summed E-state index contributed by atoms with van der Waals surface area (Å²) in [5, 5.41) is 35.6. The quantitative estimate of drug-likeness (QED) is 0.208. The van der Waals surface area contributed by atoms with Crippen LogP contribution in [0.3, 0.4) is 0 Å². The molecule has 0 rings (SSSR count). The lowest BCUT2D eigenvalue weighted by molar-refractivity contribution is 0.0194. The molecule has 0 radical (unpaired) electrons. The first-order valence-electron chi connectivity index (χ1n) is 2.37. The molecule has 0 aromatic carbocycles. The minimum atomic E-state index is -1.31. The lowest BCUT2D eigenvalue weighted by Crippen LogP contribution is -2.30. The van der Waals surface area contributed by atoms with Gasteiger partial charge in [0.05, 0.1) is 12.8 Å². The molecule has 0 aliphatic rings. The van der Waals surface area contributed by atoms with Crippen LogP contribution in [0, 0.1) is 0 Å². The third-order valence-electron chi connectivity index (χ3n) is 0.801. The molecule has 4 N–H and O–H groups in total. The van der Waals surface area contributed by atoms with Crippen LogP contribution in [0.5, 0.6) is 0 Å². The zero-order chi connectivity index (χ0) is 7.28. The fraction of sp³-hybridized carbons (Fsp3) is 0.750. The van der Waals surface area contributed by atoms with Crippen LogP contribution in [0.4, 0.5) is 0 Å². The zero-order valence-corrected chi connectivity index (χ0v) is 4.68. The van der Waals surface area contributed by atoms with Gasteiger partial charge in [0.25, 0.3) is 0 Å². The molecule has 9 heavy (non-hydrogen) atoms. The summed E-state index contributed by atoms with van der Waals surface area (Å²) in [6.07, 6.45) is -1.86. The third-order valence-corrected chi connectivity index (χ3v) is 0.801. The lowest BCUT2D eigenvalue weighted by atomic mass is 10.2. The highest BCUT2D eigenvalue weighted by Gasteiger charge is 2.11. The van der Waals surface area contributed by atoms with Gasteiger partial charge in [-0.2, -0.15) is 0 Å². The van der Waals surface area contributed by atoms with Crippen molar-refractivity contribution in [2.24, 2.45) is 5.16 Å². The SMILES string of the molecule is OC[C@@H](O)[C@@H](O)C=NO. The third kappa shape index (κ3) is 3.02. The summed E-state index contributed by atoms with van der Waals surface area (Å²) < 4.78 is 0. The smallest absolute Gasteiger partial charge is 0.120 e. The van der Waals surface area contributed by atoms with E-state index < -0.39 is 18.8 Å². The Hall–Kier alpha value is -0.650. The highest BCUT2D eigenvalue weighted by Crippen LogP contribution is 1.87. The molecule has 0 heterocycles. The molecular weight excluding hydrogens is 126 g/mol. The van der Waals surface area contributed by atoms with Crippen molar-refractivity contribution in [2.45, 2.75) is 12.2 Å². The van der Waals surface area contributed by atoms with E-state index in [1.807, 2.05) is 0 Å². The van der Waals surface area contributed by atoms with Crippen molar-refractivity contribution in [1.82, 2.24) is 0 Å². The van der Waals surface area contributed by atoms with Crippen molar-refractivity contribution in [1.29, 1.82) is 0 Å². The number of hydrogen-bond acceptors (Lipinski definition) is 5. The molecule has 54 valence electrons. The molecule has 0 aliphatic heterocycles. The summed E-state index contributed by atoms with van der Waals surface area (Å²) in [6, 6.07) is 0. The summed E-state index contributed by atoms with van der Waals surface area (Å²) in [7, 11) is 0. The van der Waals surface area contributed by atoms with Crippen LogP contribution in [0.25, 0.3) is 0 Å². The Morgan fingerprint density at radius 1 is 1.44 bits per heavy atom. The van der Waals surface area contributed by atoms with Crippen molar-refractivity contribution in [3.63, 3.8) is 0 Å². The van der Waals surface area contributed by atoms with E-state index >= 15 is 0 Å². The van der Waals surface area contributed by atoms with E-state index in [0.717, 1.165) is 6.21 Å². The van der Waals surface area contributed by atoms with E-state index in [1.54, 1.807) is 0 Å². The van der Waals surface area contributed by atoms with Crippen molar-refractivity contribution in [2.75, 3.05) is 6.61 Å². The van der Waals surface area contributed by atoms with E-state index in [-0.39, 0.29) is 0 Å². The average molecular weight is 135 g/mol. The van der Waals surface area contributed by atoms with Crippen LogP contribution in [0.15, 0.2) is 5.16 Å². The Morgan fingerprint density at radius 3 is 2.33 bits per heavy atom. The monoisotopic (exact) mass is 135 g/mol. The van der Waals surface area contributed by atoms with Crippen LogP contribution >= 0.6 is 0 Å². The molecule has 0 aromatic heterocycles. The molecule has 5 heteroatoms. The Balaban J connectivity index is 3.58. The summed E-state index contributed by atoms with van der Waals surface area (Å²) in [6.45, 7) is -0.562. The lowest BCUT2D eigenvalue weighted by Gasteiger charge is -2.08. The summed E-state index contributed by atoms with van der Waals surface area (Å²) in [5.41, 5.74) is 0. The molecule has 0 saturated heterocycles. The van der Waals surface area contributed by atoms with E-state index in [0.29, 0.717) is 0 Å². The van der Waals surface area contributed by atoms with Crippen LogP contribution < -0.4 is 0 Å². The van der Waals surface area contributed by atoms with Gasteiger partial charge in [-0.05, 0) is 0 Å². The second kappa shape index (κ2) is 4.25. The zero-order valence-electron chi connectivity index (χ0n) is 4.68. The maximum atomic E-state index is 8.60. The fourth-order valence-electron chi connectivity index (χ4n) is 0.276. The number of aliphatic hydroxyl groups is 3. The molecule has 5 nitrogen and oxygen atoms in total. The van der Waals surface area contributed by atoms with Gasteiger partial charge in [-0.3, -0.25) is 0 Å². The molecule has 0 saturated carbocycles. The van der Waals surface area contributed by atoms with Crippen LogP contribution in [-0.2, 0) is 0 Å². The Labute approximate surface area is 51.9 Å². The van der Waals surface area contributed by atoms with Gasteiger partial charge in [0.2, 0.25) is 0 Å². The number of nitrogens with zero attached hydrogens (tertiary/aromatic N) is 1. The van der Waals surface area contributed by atoms with Gasteiger partial charge < -0.3 is 20.5 Å². The van der Waals surface area contributed by atoms with Crippen LogP contribution in [0.1, 0.15) is 0 Å².